The first-order valence-corrected chi connectivity index (χ1v) is 6.92. The summed E-state index contributed by atoms with van der Waals surface area (Å²) in [5.41, 5.74) is -1.82. The van der Waals surface area contributed by atoms with E-state index in [0.29, 0.717) is 13.3 Å². The smallest absolute Gasteiger partial charge is 0.417 e. The number of carbonyl (C=O) groups is 1. The maximum atomic E-state index is 12.8. The van der Waals surface area contributed by atoms with E-state index in [1.165, 1.54) is 11.8 Å². The van der Waals surface area contributed by atoms with Crippen LogP contribution in [-0.4, -0.2) is 34.6 Å². The second-order valence-electron chi connectivity index (χ2n) is 4.86. The Kier molecular flexibility index (Phi) is 4.02. The Morgan fingerprint density at radius 1 is 1.45 bits per heavy atom. The van der Waals surface area contributed by atoms with Crippen molar-refractivity contribution in [1.82, 2.24) is 5.32 Å². The van der Waals surface area contributed by atoms with Crippen molar-refractivity contribution in [2.24, 2.45) is 0 Å². The summed E-state index contributed by atoms with van der Waals surface area (Å²) in [6.45, 7) is 0.643. The minimum atomic E-state index is -4.84. The first-order chi connectivity index (χ1) is 9.24. The van der Waals surface area contributed by atoms with Gasteiger partial charge in [0.05, 0.1) is 0 Å². The third-order valence-corrected chi connectivity index (χ3v) is 4.71. The number of aliphatic carboxylic acids is 1. The van der Waals surface area contributed by atoms with E-state index in [0.717, 1.165) is 10.5 Å². The minimum Gasteiger partial charge on any atom is -0.480 e. The molecule has 0 radical (unpaired) electrons. The molecule has 1 aliphatic rings. The molecule has 0 aromatic heterocycles. The Morgan fingerprint density at radius 3 is 2.65 bits per heavy atom. The highest BCUT2D eigenvalue weighted by Crippen LogP contribution is 2.37. The van der Waals surface area contributed by atoms with Crippen LogP contribution in [0.15, 0.2) is 29.2 Å². The summed E-state index contributed by atoms with van der Waals surface area (Å²) in [5.74, 6) is -1.91. The number of rotatable bonds is 4. The summed E-state index contributed by atoms with van der Waals surface area (Å²) in [4.78, 5) is 11.9. The summed E-state index contributed by atoms with van der Waals surface area (Å²) in [5, 5.41) is 10.9. The summed E-state index contributed by atoms with van der Waals surface area (Å²) in [6, 6.07) is 7.60. The molecular formula is C13H14F3NO2S. The summed E-state index contributed by atoms with van der Waals surface area (Å²) in [7, 11) is 0. The number of hydrogen-bond donors (Lipinski definition) is 2. The zero-order valence-electron chi connectivity index (χ0n) is 10.7. The van der Waals surface area contributed by atoms with Gasteiger partial charge in [0.2, 0.25) is 5.54 Å². The zero-order chi connectivity index (χ0) is 15.0. The van der Waals surface area contributed by atoms with Crippen LogP contribution in [0.3, 0.4) is 0 Å². The van der Waals surface area contributed by atoms with Crippen molar-refractivity contribution in [3.05, 3.63) is 29.8 Å². The number of hydrogen-bond acceptors (Lipinski definition) is 3. The van der Waals surface area contributed by atoms with Crippen molar-refractivity contribution in [2.75, 3.05) is 6.54 Å². The molecule has 0 saturated carbocycles. The molecule has 3 nitrogen and oxygen atoms in total. The van der Waals surface area contributed by atoms with Crippen LogP contribution in [0.25, 0.3) is 0 Å². The first kappa shape index (κ1) is 15.2. The number of halogens is 3. The third-order valence-electron chi connectivity index (χ3n) is 3.39. The van der Waals surface area contributed by atoms with Gasteiger partial charge in [-0.2, -0.15) is 13.2 Å². The van der Waals surface area contributed by atoms with E-state index in [9.17, 15) is 18.0 Å². The maximum absolute atomic E-state index is 12.8. The highest BCUT2D eigenvalue weighted by atomic mass is 32.2. The van der Waals surface area contributed by atoms with E-state index in [2.05, 4.69) is 5.32 Å². The normalized spacial score (nSPS) is 21.3. The van der Waals surface area contributed by atoms with E-state index in [1.807, 2.05) is 24.3 Å². The lowest BCUT2D eigenvalue weighted by Crippen LogP contribution is -2.61. The molecule has 1 aromatic rings. The van der Waals surface area contributed by atoms with Crippen molar-refractivity contribution >= 4 is 17.7 Å². The van der Waals surface area contributed by atoms with Gasteiger partial charge in [-0.25, -0.2) is 4.79 Å². The zero-order valence-corrected chi connectivity index (χ0v) is 11.5. The van der Waals surface area contributed by atoms with Crippen molar-refractivity contribution < 1.29 is 23.1 Å². The van der Waals surface area contributed by atoms with Crippen LogP contribution in [0.1, 0.15) is 12.5 Å². The van der Waals surface area contributed by atoms with Crippen LogP contribution in [-0.2, 0) is 11.2 Å². The Labute approximate surface area is 118 Å². The molecule has 0 spiro atoms. The van der Waals surface area contributed by atoms with E-state index >= 15 is 0 Å². The Bertz CT molecular complexity index is 496. The van der Waals surface area contributed by atoms with Gasteiger partial charge in [-0.15, -0.1) is 11.8 Å². The number of thioether (sulfide) groups is 1. The van der Waals surface area contributed by atoms with Gasteiger partial charge in [0, 0.05) is 16.7 Å². The molecule has 110 valence electrons. The SMILES string of the molecule is CC(NCC1Cc2ccccc2S1)(C(=O)O)C(F)(F)F. The van der Waals surface area contributed by atoms with Crippen LogP contribution >= 0.6 is 11.8 Å². The lowest BCUT2D eigenvalue weighted by molar-refractivity contribution is -0.205. The van der Waals surface area contributed by atoms with Crippen LogP contribution in [0, 0.1) is 0 Å². The van der Waals surface area contributed by atoms with Gasteiger partial charge in [0.1, 0.15) is 0 Å². The van der Waals surface area contributed by atoms with Crippen molar-refractivity contribution in [2.45, 2.75) is 35.2 Å². The van der Waals surface area contributed by atoms with Crippen molar-refractivity contribution in [3.8, 4) is 0 Å². The molecule has 1 heterocycles. The highest BCUT2D eigenvalue weighted by Gasteiger charge is 2.57. The summed E-state index contributed by atoms with van der Waals surface area (Å²) < 4.78 is 38.5. The van der Waals surface area contributed by atoms with Gasteiger partial charge in [-0.3, -0.25) is 5.32 Å². The molecule has 2 N–H and O–H groups in total. The van der Waals surface area contributed by atoms with Crippen LogP contribution in [0.2, 0.25) is 0 Å². The molecule has 2 unspecified atom stereocenters. The monoisotopic (exact) mass is 305 g/mol. The number of benzene rings is 1. The molecule has 7 heteroatoms. The lowest BCUT2D eigenvalue weighted by Gasteiger charge is -2.29. The molecule has 1 aliphatic heterocycles. The molecule has 0 bridgehead atoms. The van der Waals surface area contributed by atoms with E-state index in [4.69, 9.17) is 5.11 Å². The molecule has 20 heavy (non-hydrogen) atoms. The summed E-state index contributed by atoms with van der Waals surface area (Å²) >= 11 is 1.48. The van der Waals surface area contributed by atoms with Gasteiger partial charge >= 0.3 is 12.1 Å². The molecule has 2 rings (SSSR count). The van der Waals surface area contributed by atoms with Gasteiger partial charge in [0.25, 0.3) is 0 Å². The lowest BCUT2D eigenvalue weighted by atomic mass is 10.0. The Morgan fingerprint density at radius 2 is 2.10 bits per heavy atom. The molecule has 0 aliphatic carbocycles. The molecule has 0 amide bonds. The standard InChI is InChI=1S/C13H14F3NO2S/c1-12(11(18)19,13(14,15)16)17-7-9-6-8-4-2-3-5-10(8)20-9/h2-5,9,17H,6-7H2,1H3,(H,18,19). The molecule has 1 aromatic carbocycles. The van der Waals surface area contributed by atoms with Crippen molar-refractivity contribution in [3.63, 3.8) is 0 Å². The maximum Gasteiger partial charge on any atom is 0.417 e. The van der Waals surface area contributed by atoms with E-state index in [1.54, 1.807) is 0 Å². The van der Waals surface area contributed by atoms with E-state index < -0.39 is 17.7 Å². The number of fused-ring (bicyclic) bond motifs is 1. The number of alkyl halides is 3. The molecule has 0 fully saturated rings. The predicted octanol–water partition coefficient (Wildman–Crippen LogP) is 2.70. The predicted molar refractivity (Wildman–Crippen MR) is 69.9 cm³/mol. The van der Waals surface area contributed by atoms with E-state index in [-0.39, 0.29) is 11.8 Å². The topological polar surface area (TPSA) is 49.3 Å². The summed E-state index contributed by atoms with van der Waals surface area (Å²) in [6.07, 6.45) is -4.20. The van der Waals surface area contributed by atoms with Gasteiger partial charge in [0.15, 0.2) is 0 Å². The van der Waals surface area contributed by atoms with Crippen LogP contribution in [0.4, 0.5) is 13.2 Å². The average molecular weight is 305 g/mol. The molecular weight excluding hydrogens is 291 g/mol. The fourth-order valence-corrected chi connectivity index (χ4v) is 3.23. The van der Waals surface area contributed by atoms with Crippen LogP contribution in [0.5, 0.6) is 0 Å². The second kappa shape index (κ2) is 5.29. The third kappa shape index (κ3) is 2.78. The second-order valence-corrected chi connectivity index (χ2v) is 6.20. The number of carboxylic acid groups (broad SMARTS) is 1. The van der Waals surface area contributed by atoms with Gasteiger partial charge < -0.3 is 5.11 Å². The fraction of sp³-hybridized carbons (Fsp3) is 0.462. The van der Waals surface area contributed by atoms with Crippen LogP contribution < -0.4 is 5.32 Å². The minimum absolute atomic E-state index is 0.0122. The quantitative estimate of drug-likeness (QED) is 0.898. The Balaban J connectivity index is 2.01. The Hall–Kier alpha value is -1.21. The highest BCUT2D eigenvalue weighted by molar-refractivity contribution is 8.00. The molecule has 2 atom stereocenters. The molecule has 0 saturated heterocycles. The largest absolute Gasteiger partial charge is 0.480 e. The fourth-order valence-electron chi connectivity index (χ4n) is 1.98. The first-order valence-electron chi connectivity index (χ1n) is 6.04. The van der Waals surface area contributed by atoms with Gasteiger partial charge in [-0.05, 0) is 25.0 Å². The average Bonchev–Trinajstić information content (AvgIpc) is 2.76. The van der Waals surface area contributed by atoms with Gasteiger partial charge in [-0.1, -0.05) is 18.2 Å². The van der Waals surface area contributed by atoms with Crippen molar-refractivity contribution in [1.29, 1.82) is 0 Å². The number of nitrogens with one attached hydrogen (secondary N) is 1. The number of carboxylic acids is 1.